The molecule has 2 heterocycles. The number of halogens is 5. The summed E-state index contributed by atoms with van der Waals surface area (Å²) < 4.78 is 46.9. The van der Waals surface area contributed by atoms with E-state index in [9.17, 15) is 22.8 Å². The lowest BCUT2D eigenvalue weighted by Crippen LogP contribution is -2.33. The second-order valence-corrected chi connectivity index (χ2v) is 10.6. The minimum absolute atomic E-state index is 0.106. The molecule has 3 atom stereocenters. The molecular weight excluding hydrogens is 528 g/mol. The Labute approximate surface area is 222 Å². The van der Waals surface area contributed by atoms with Gasteiger partial charge in [-0.25, -0.2) is 0 Å². The van der Waals surface area contributed by atoms with Gasteiger partial charge in [-0.3, -0.25) is 9.59 Å². The van der Waals surface area contributed by atoms with Crippen LogP contribution in [0.25, 0.3) is 10.9 Å². The van der Waals surface area contributed by atoms with Crippen molar-refractivity contribution in [2.45, 2.75) is 26.4 Å². The molecule has 2 unspecified atom stereocenters. The number of aromatic nitrogens is 1. The zero-order valence-corrected chi connectivity index (χ0v) is 22.0. The Balaban J connectivity index is 1.40. The van der Waals surface area contributed by atoms with Crippen LogP contribution in [0.3, 0.4) is 0 Å². The Morgan fingerprint density at radius 1 is 1.11 bits per heavy atom. The molecule has 0 N–H and O–H groups in total. The Morgan fingerprint density at radius 3 is 2.41 bits per heavy atom. The highest BCUT2D eigenvalue weighted by atomic mass is 35.5. The third kappa shape index (κ3) is 4.48. The second kappa shape index (κ2) is 9.24. The van der Waals surface area contributed by atoms with Crippen LogP contribution in [0.4, 0.5) is 13.2 Å². The van der Waals surface area contributed by atoms with E-state index in [1.54, 1.807) is 42.5 Å². The van der Waals surface area contributed by atoms with Crippen LogP contribution in [0.5, 0.6) is 0 Å². The summed E-state index contributed by atoms with van der Waals surface area (Å²) >= 11 is 13.2. The molecule has 10 heteroatoms. The normalized spacial score (nSPS) is 20.9. The fourth-order valence-electron chi connectivity index (χ4n) is 5.55. The zero-order chi connectivity index (χ0) is 26.8. The first-order valence-corrected chi connectivity index (χ1v) is 12.8. The number of aryl methyl sites for hydroxylation is 2. The monoisotopic (exact) mass is 552 g/mol. The van der Waals surface area contributed by atoms with E-state index in [4.69, 9.17) is 27.9 Å². The smallest absolute Gasteiger partial charge is 0.416 e. The standard InChI is InChI=1S/C27H25Cl2F3N2O3/c1-4-37-26(36)23-19-11-34(12-20(19)23)25(35)16-5-6-21(28)18(24(16)29)10-15-9-17-13(2)7-14(27(30,31)32)8-22(17)33(15)3/h5-9,19-20,23H,4,10-12H2,1-3H3/t19-,20?,23?/m0/s1. The van der Waals surface area contributed by atoms with Gasteiger partial charge in [0, 0.05) is 48.2 Å². The quantitative estimate of drug-likeness (QED) is 0.350. The number of carbonyl (C=O) groups excluding carboxylic acids is 2. The Bertz CT molecular complexity index is 1420. The number of hydrogen-bond donors (Lipinski definition) is 0. The zero-order valence-electron chi connectivity index (χ0n) is 20.5. The van der Waals surface area contributed by atoms with Crippen molar-refractivity contribution in [3.63, 3.8) is 0 Å². The Morgan fingerprint density at radius 2 is 1.78 bits per heavy atom. The van der Waals surface area contributed by atoms with E-state index >= 15 is 0 Å². The van der Waals surface area contributed by atoms with Crippen molar-refractivity contribution >= 4 is 46.0 Å². The van der Waals surface area contributed by atoms with Gasteiger partial charge in [-0.2, -0.15) is 13.2 Å². The van der Waals surface area contributed by atoms with Gasteiger partial charge in [-0.05, 0) is 67.1 Å². The van der Waals surface area contributed by atoms with Crippen LogP contribution in [0.2, 0.25) is 10.0 Å². The number of hydrogen-bond acceptors (Lipinski definition) is 3. The number of alkyl halides is 3. The molecule has 0 bridgehead atoms. The van der Waals surface area contributed by atoms with Gasteiger partial charge < -0.3 is 14.2 Å². The molecule has 0 spiro atoms. The average molecular weight is 553 g/mol. The van der Waals surface area contributed by atoms with E-state index in [0.717, 1.165) is 12.1 Å². The van der Waals surface area contributed by atoms with Crippen molar-refractivity contribution in [3.8, 4) is 0 Å². The van der Waals surface area contributed by atoms with Gasteiger partial charge in [0.2, 0.25) is 0 Å². The molecular formula is C27H25Cl2F3N2O3. The first kappa shape index (κ1) is 25.9. The van der Waals surface area contributed by atoms with E-state index in [0.29, 0.717) is 58.0 Å². The topological polar surface area (TPSA) is 51.5 Å². The third-order valence-corrected chi connectivity index (χ3v) is 8.40. The molecule has 5 nitrogen and oxygen atoms in total. The van der Waals surface area contributed by atoms with Crippen LogP contribution in [-0.4, -0.2) is 41.0 Å². The van der Waals surface area contributed by atoms with Crippen LogP contribution >= 0.6 is 23.2 Å². The van der Waals surface area contributed by atoms with Crippen molar-refractivity contribution in [2.24, 2.45) is 24.8 Å². The molecule has 1 aliphatic carbocycles. The minimum atomic E-state index is -4.45. The van der Waals surface area contributed by atoms with Crippen LogP contribution in [0, 0.1) is 24.7 Å². The predicted octanol–water partition coefficient (Wildman–Crippen LogP) is 6.28. The molecule has 3 aromatic rings. The molecule has 2 fully saturated rings. The highest BCUT2D eigenvalue weighted by Gasteiger charge is 2.61. The summed E-state index contributed by atoms with van der Waals surface area (Å²) in [6.45, 7) is 4.68. The third-order valence-electron chi connectivity index (χ3n) is 7.61. The number of rotatable bonds is 5. The summed E-state index contributed by atoms with van der Waals surface area (Å²) in [6.07, 6.45) is -4.21. The van der Waals surface area contributed by atoms with E-state index in [1.165, 1.54) is 0 Å². The number of likely N-dealkylation sites (tertiary alicyclic amines) is 1. The molecule has 2 aromatic carbocycles. The predicted molar refractivity (Wildman–Crippen MR) is 135 cm³/mol. The van der Waals surface area contributed by atoms with Crippen molar-refractivity contribution in [1.82, 2.24) is 9.47 Å². The molecule has 37 heavy (non-hydrogen) atoms. The van der Waals surface area contributed by atoms with E-state index in [-0.39, 0.29) is 41.1 Å². The number of fused-ring (bicyclic) bond motifs is 2. The number of amides is 1. The molecule has 1 aromatic heterocycles. The SMILES string of the molecule is CCOC(=O)C1C2CN(C(=O)c3ccc(Cl)c(Cc4cc5c(C)cc(C(F)(F)F)cc5n4C)c3Cl)C[C@@H]21. The lowest BCUT2D eigenvalue weighted by Gasteiger charge is -2.21. The molecule has 1 aliphatic heterocycles. The number of esters is 1. The van der Waals surface area contributed by atoms with Gasteiger partial charge in [0.05, 0.1) is 28.7 Å². The lowest BCUT2D eigenvalue weighted by molar-refractivity contribution is -0.145. The molecule has 0 radical (unpaired) electrons. The first-order chi connectivity index (χ1) is 17.4. The first-order valence-electron chi connectivity index (χ1n) is 12.0. The van der Waals surface area contributed by atoms with Crippen LogP contribution in [-0.2, 0) is 29.2 Å². The number of benzene rings is 2. The van der Waals surface area contributed by atoms with Gasteiger partial charge in [0.15, 0.2) is 0 Å². The number of ether oxygens (including phenoxy) is 1. The van der Waals surface area contributed by atoms with E-state index < -0.39 is 11.7 Å². The average Bonchev–Trinajstić information content (AvgIpc) is 3.15. The largest absolute Gasteiger partial charge is 0.466 e. The molecule has 1 saturated carbocycles. The molecule has 2 aliphatic rings. The van der Waals surface area contributed by atoms with E-state index in [2.05, 4.69) is 0 Å². The highest BCUT2D eigenvalue weighted by Crippen LogP contribution is 2.52. The maximum Gasteiger partial charge on any atom is 0.416 e. The maximum atomic E-state index is 13.4. The van der Waals surface area contributed by atoms with Crippen LogP contribution in [0.15, 0.2) is 30.3 Å². The van der Waals surface area contributed by atoms with Crippen molar-refractivity contribution in [1.29, 1.82) is 0 Å². The van der Waals surface area contributed by atoms with E-state index in [1.807, 2.05) is 6.07 Å². The van der Waals surface area contributed by atoms with Gasteiger partial charge in [0.1, 0.15) is 0 Å². The van der Waals surface area contributed by atoms with Gasteiger partial charge in [0.25, 0.3) is 5.91 Å². The van der Waals surface area contributed by atoms with Crippen LogP contribution < -0.4 is 0 Å². The number of piperidine rings is 1. The molecule has 1 saturated heterocycles. The lowest BCUT2D eigenvalue weighted by atomic mass is 10.0. The number of carbonyl (C=O) groups is 2. The Hall–Kier alpha value is -2.71. The Kier molecular flexibility index (Phi) is 6.47. The second-order valence-electron chi connectivity index (χ2n) is 9.80. The summed E-state index contributed by atoms with van der Waals surface area (Å²) in [5.74, 6) is -0.374. The fraction of sp³-hybridized carbons (Fsp3) is 0.407. The summed E-state index contributed by atoms with van der Waals surface area (Å²) in [5, 5.41) is 1.29. The van der Waals surface area contributed by atoms with Crippen LogP contribution in [0.1, 0.15) is 39.7 Å². The molecule has 196 valence electrons. The fourth-order valence-corrected chi connectivity index (χ4v) is 6.14. The van der Waals surface area contributed by atoms with Crippen molar-refractivity contribution in [2.75, 3.05) is 19.7 Å². The summed E-state index contributed by atoms with van der Waals surface area (Å²) in [5.41, 5.74) is 1.82. The number of nitrogens with zero attached hydrogens (tertiary/aromatic N) is 2. The molecule has 5 rings (SSSR count). The summed E-state index contributed by atoms with van der Waals surface area (Å²) in [4.78, 5) is 27.0. The summed E-state index contributed by atoms with van der Waals surface area (Å²) in [6, 6.07) is 7.31. The van der Waals surface area contributed by atoms with Gasteiger partial charge in [-0.1, -0.05) is 23.2 Å². The maximum absolute atomic E-state index is 13.4. The van der Waals surface area contributed by atoms with Gasteiger partial charge >= 0.3 is 12.1 Å². The van der Waals surface area contributed by atoms with Crippen molar-refractivity contribution < 1.29 is 27.5 Å². The highest BCUT2D eigenvalue weighted by molar-refractivity contribution is 6.38. The molecule has 1 amide bonds. The minimum Gasteiger partial charge on any atom is -0.466 e. The van der Waals surface area contributed by atoms with Gasteiger partial charge in [-0.15, -0.1) is 0 Å². The summed E-state index contributed by atoms with van der Waals surface area (Å²) in [7, 11) is 1.70. The van der Waals surface area contributed by atoms with Crippen molar-refractivity contribution in [3.05, 3.63) is 68.3 Å².